The molecule has 6 atom stereocenters. The topological polar surface area (TPSA) is 9.23 Å². The highest BCUT2D eigenvalue weighted by atomic mass is 35.5. The van der Waals surface area contributed by atoms with Crippen LogP contribution in [0.3, 0.4) is 0 Å². The zero-order valence-electron chi connectivity index (χ0n) is 24.3. The van der Waals surface area contributed by atoms with E-state index in [-0.39, 0.29) is 24.0 Å². The zero-order valence-corrected chi connectivity index (χ0v) is 25.8. The summed E-state index contributed by atoms with van der Waals surface area (Å²) in [6, 6.07) is 41.6. The zero-order chi connectivity index (χ0) is 29.3. The van der Waals surface area contributed by atoms with Gasteiger partial charge >= 0.3 is 0 Å². The van der Waals surface area contributed by atoms with Crippen molar-refractivity contribution in [3.8, 4) is 0 Å². The van der Waals surface area contributed by atoms with E-state index < -0.39 is 0 Å². The highest BCUT2D eigenvalue weighted by molar-refractivity contribution is 6.42. The Morgan fingerprint density at radius 3 is 1.04 bits per heavy atom. The lowest BCUT2D eigenvalue weighted by molar-refractivity contribution is 0.0469. The van der Waals surface area contributed by atoms with Gasteiger partial charge in [-0.15, -0.1) is 0 Å². The van der Waals surface area contributed by atoms with Gasteiger partial charge in [0.1, 0.15) is 0 Å². The molecule has 0 N–H and O–H groups in total. The third-order valence-electron chi connectivity index (χ3n) is 13.0. The number of ether oxygens (including phenoxy) is 1. The van der Waals surface area contributed by atoms with Crippen LogP contribution >= 0.6 is 23.2 Å². The van der Waals surface area contributed by atoms with Crippen LogP contribution in [0.25, 0.3) is 0 Å². The Morgan fingerprint density at radius 2 is 0.711 bits per heavy atom. The predicted octanol–water partition coefficient (Wildman–Crippen LogP) is 10.5. The van der Waals surface area contributed by atoms with Gasteiger partial charge in [-0.3, -0.25) is 0 Å². The van der Waals surface area contributed by atoms with Crippen LogP contribution in [-0.2, 0) is 4.74 Å². The molecule has 1 nitrogen and oxygen atoms in total. The molecule has 0 spiro atoms. The van der Waals surface area contributed by atoms with E-state index >= 15 is 0 Å². The fourth-order valence-electron chi connectivity index (χ4n) is 11.9. The Bertz CT molecular complexity index is 1960. The van der Waals surface area contributed by atoms with Gasteiger partial charge in [-0.05, 0) is 79.6 Å². The number of allylic oxidation sites excluding steroid dienone is 2. The number of fused-ring (bicyclic) bond motifs is 8. The standard InChI is InChI=1S/C42H28Cl2O/c43-29-17-27-28(18-30(29)44)42-40-38-34-25-15-7-3-11-21(25)32(22-12-4-8-16-26(22)34)36(38)35-31-19-9-1-5-13-23(19)33(24-14-6-2-10-20(24)31)37(35)39(40)41(27)45-42/h1-18,31-34,37-42H/t31?,32?,33?,34?,37-,38-,39+,40+,41-,42-/m0/s1. The number of hydrogen-bond acceptors (Lipinski definition) is 1. The minimum Gasteiger partial charge on any atom is -0.365 e. The van der Waals surface area contributed by atoms with E-state index in [1.54, 1.807) is 11.1 Å². The summed E-state index contributed by atoms with van der Waals surface area (Å²) in [7, 11) is 0. The van der Waals surface area contributed by atoms with Gasteiger partial charge in [0, 0.05) is 35.5 Å². The molecule has 0 unspecified atom stereocenters. The third kappa shape index (κ3) is 2.70. The molecule has 7 aliphatic carbocycles. The van der Waals surface area contributed by atoms with Gasteiger partial charge in [-0.25, -0.2) is 0 Å². The van der Waals surface area contributed by atoms with Crippen LogP contribution in [-0.4, -0.2) is 0 Å². The summed E-state index contributed by atoms with van der Waals surface area (Å²) in [5, 5.41) is 1.27. The maximum Gasteiger partial charge on any atom is 0.0875 e. The summed E-state index contributed by atoms with van der Waals surface area (Å²) < 4.78 is 7.22. The highest BCUT2D eigenvalue weighted by Crippen LogP contribution is 2.77. The smallest absolute Gasteiger partial charge is 0.0875 e. The van der Waals surface area contributed by atoms with Gasteiger partial charge in [0.25, 0.3) is 0 Å². The van der Waals surface area contributed by atoms with Crippen LogP contribution in [0.15, 0.2) is 120 Å². The second kappa shape index (κ2) is 8.20. The van der Waals surface area contributed by atoms with Crippen molar-refractivity contribution in [2.24, 2.45) is 23.7 Å². The van der Waals surface area contributed by atoms with Crippen LogP contribution in [0.5, 0.6) is 0 Å². The second-order valence-corrected chi connectivity index (χ2v) is 15.1. The third-order valence-corrected chi connectivity index (χ3v) is 13.7. The molecular formula is C42H28Cl2O. The van der Waals surface area contributed by atoms with Crippen LogP contribution in [0, 0.1) is 23.7 Å². The van der Waals surface area contributed by atoms with Crippen molar-refractivity contribution in [1.29, 1.82) is 0 Å². The Kier molecular flexibility index (Phi) is 4.48. The van der Waals surface area contributed by atoms with Gasteiger partial charge in [0.2, 0.25) is 0 Å². The second-order valence-electron chi connectivity index (χ2n) is 14.3. The molecule has 2 heterocycles. The van der Waals surface area contributed by atoms with Crippen LogP contribution in [0.4, 0.5) is 0 Å². The quantitative estimate of drug-likeness (QED) is 0.157. The minimum absolute atomic E-state index is 0.0240. The van der Waals surface area contributed by atoms with Crippen molar-refractivity contribution in [2.45, 2.75) is 35.9 Å². The van der Waals surface area contributed by atoms with E-state index in [1.807, 2.05) is 0 Å². The first-order chi connectivity index (χ1) is 22.2. The molecule has 9 aliphatic rings. The van der Waals surface area contributed by atoms with Gasteiger partial charge in [-0.2, -0.15) is 0 Å². The highest BCUT2D eigenvalue weighted by Gasteiger charge is 2.68. The maximum atomic E-state index is 7.22. The van der Waals surface area contributed by atoms with Gasteiger partial charge < -0.3 is 4.74 Å². The van der Waals surface area contributed by atoms with Gasteiger partial charge in [-0.1, -0.05) is 131 Å². The normalized spacial score (nSPS) is 34.3. The summed E-state index contributed by atoms with van der Waals surface area (Å²) in [5.41, 5.74) is 18.1. The van der Waals surface area contributed by atoms with Crippen molar-refractivity contribution in [3.05, 3.63) is 186 Å². The molecule has 0 amide bonds. The van der Waals surface area contributed by atoms with Crippen molar-refractivity contribution in [3.63, 3.8) is 0 Å². The first kappa shape index (κ1) is 24.6. The molecular weight excluding hydrogens is 591 g/mol. The van der Waals surface area contributed by atoms with E-state index in [1.165, 1.54) is 55.6 Å². The molecule has 5 aromatic rings. The monoisotopic (exact) mass is 618 g/mol. The van der Waals surface area contributed by atoms with Crippen molar-refractivity contribution in [1.82, 2.24) is 0 Å². The summed E-state index contributed by atoms with van der Waals surface area (Å²) in [5.74, 6) is 2.69. The molecule has 3 heteroatoms. The summed E-state index contributed by atoms with van der Waals surface area (Å²) in [6.45, 7) is 0. The Balaban J connectivity index is 1.23. The predicted molar refractivity (Wildman–Crippen MR) is 177 cm³/mol. The molecule has 45 heavy (non-hydrogen) atoms. The fourth-order valence-corrected chi connectivity index (χ4v) is 12.2. The molecule has 216 valence electrons. The maximum absolute atomic E-state index is 7.22. The molecule has 1 saturated heterocycles. The lowest BCUT2D eigenvalue weighted by Gasteiger charge is -2.61. The lowest BCUT2D eigenvalue weighted by Crippen LogP contribution is -2.52. The molecule has 5 aromatic carbocycles. The Morgan fingerprint density at radius 1 is 0.400 bits per heavy atom. The minimum atomic E-state index is 0.0240. The average molecular weight is 620 g/mol. The van der Waals surface area contributed by atoms with E-state index in [2.05, 4.69) is 109 Å². The van der Waals surface area contributed by atoms with Crippen LogP contribution in [0.2, 0.25) is 10.0 Å². The molecule has 0 saturated carbocycles. The Hall–Kier alpha value is -3.62. The van der Waals surface area contributed by atoms with Crippen molar-refractivity contribution < 1.29 is 4.74 Å². The fraction of sp³-hybridized carbons (Fsp3) is 0.238. The van der Waals surface area contributed by atoms with Crippen LogP contribution < -0.4 is 0 Å². The molecule has 0 aromatic heterocycles. The van der Waals surface area contributed by atoms with E-state index in [0.717, 1.165) is 0 Å². The SMILES string of the molecule is Clc1cc2c(cc1Cl)[C@@H]1O[C@@H]2[C@H]2[C@H]1[C@@H]1C(=C3C4c5ccccc5C(c5ccccc54)[C@@H]32)C2c3ccccc3C1c1ccccc12. The van der Waals surface area contributed by atoms with Gasteiger partial charge in [0.15, 0.2) is 0 Å². The van der Waals surface area contributed by atoms with E-state index in [0.29, 0.717) is 45.6 Å². The largest absolute Gasteiger partial charge is 0.365 e. The van der Waals surface area contributed by atoms with E-state index in [4.69, 9.17) is 27.9 Å². The molecule has 0 radical (unpaired) electrons. The van der Waals surface area contributed by atoms with Crippen molar-refractivity contribution in [2.75, 3.05) is 0 Å². The number of halogens is 2. The van der Waals surface area contributed by atoms with Crippen molar-refractivity contribution >= 4 is 23.2 Å². The molecule has 2 aliphatic heterocycles. The number of benzene rings is 5. The van der Waals surface area contributed by atoms with Gasteiger partial charge in [0.05, 0.1) is 22.3 Å². The Labute approximate surface area is 272 Å². The van der Waals surface area contributed by atoms with Crippen LogP contribution in [0.1, 0.15) is 91.5 Å². The van der Waals surface area contributed by atoms with E-state index in [9.17, 15) is 0 Å². The molecule has 6 bridgehead atoms. The summed E-state index contributed by atoms with van der Waals surface area (Å²) in [6.07, 6.45) is 0.0480. The first-order valence-electron chi connectivity index (χ1n) is 16.4. The first-order valence-corrected chi connectivity index (χ1v) is 17.2. The summed E-state index contributed by atoms with van der Waals surface area (Å²) in [4.78, 5) is 0. The number of rotatable bonds is 0. The summed E-state index contributed by atoms with van der Waals surface area (Å²) >= 11 is 13.4. The average Bonchev–Trinajstić information content (AvgIpc) is 3.65. The molecule has 14 rings (SSSR count). The lowest BCUT2D eigenvalue weighted by atomic mass is 9.41. The molecule has 1 fully saturated rings. The number of hydrogen-bond donors (Lipinski definition) is 0.